The summed E-state index contributed by atoms with van der Waals surface area (Å²) in [7, 11) is 1.53. The third kappa shape index (κ3) is 5.91. The molecule has 1 unspecified atom stereocenters. The number of ether oxygens (including phenoxy) is 2. The van der Waals surface area contributed by atoms with Crippen molar-refractivity contribution >= 4 is 12.0 Å². The maximum absolute atomic E-state index is 14.0. The number of likely N-dealkylation sites (tertiary alicyclic amines) is 1. The van der Waals surface area contributed by atoms with Gasteiger partial charge in [-0.2, -0.15) is 0 Å². The van der Waals surface area contributed by atoms with E-state index >= 15 is 0 Å². The summed E-state index contributed by atoms with van der Waals surface area (Å²) >= 11 is 0. The Morgan fingerprint density at radius 2 is 1.70 bits per heavy atom. The molecule has 37 heavy (non-hydrogen) atoms. The minimum absolute atomic E-state index is 0.265. The monoisotopic (exact) mass is 512 g/mol. The molecule has 202 valence electrons. The smallest absolute Gasteiger partial charge is 0.407 e. The topological polar surface area (TPSA) is 99.5 Å². The SMILES string of the molecule is CCCCOC1(c2ccccc2C)CN(C(=O)C(O)(CN(C(=O)O)C(C)(C)C)c2ccc(OC)cc2)C1. The molecule has 8 heteroatoms. The number of unbranched alkanes of at least 4 members (excludes halogenated alkanes) is 1. The first-order chi connectivity index (χ1) is 17.4. The van der Waals surface area contributed by atoms with Gasteiger partial charge in [-0.15, -0.1) is 0 Å². The number of benzene rings is 2. The summed E-state index contributed by atoms with van der Waals surface area (Å²) < 4.78 is 11.6. The molecule has 0 bridgehead atoms. The fourth-order valence-electron chi connectivity index (χ4n) is 4.78. The minimum Gasteiger partial charge on any atom is -0.497 e. The molecule has 2 aromatic rings. The number of methoxy groups -OCH3 is 1. The Kier molecular flexibility index (Phi) is 8.55. The molecule has 1 aliphatic rings. The summed E-state index contributed by atoms with van der Waals surface area (Å²) in [6.07, 6.45) is 0.672. The highest BCUT2D eigenvalue weighted by molar-refractivity contribution is 5.88. The standard InChI is InChI=1S/C29H40N2O6/c1-7-8-17-37-28(24-12-10-9-11-21(24)2)18-30(19-28)25(32)29(35,20-31(26(33)34)27(3,4)5)22-13-15-23(36-6)16-14-22/h9-16,35H,7-8,17-20H2,1-6H3,(H,33,34). The Hall–Kier alpha value is -3.10. The number of aryl methyl sites for hydroxylation is 1. The second kappa shape index (κ2) is 11.1. The van der Waals surface area contributed by atoms with Gasteiger partial charge < -0.3 is 24.6 Å². The van der Waals surface area contributed by atoms with E-state index in [0.29, 0.717) is 17.9 Å². The van der Waals surface area contributed by atoms with Gasteiger partial charge in [0, 0.05) is 12.1 Å². The molecular weight excluding hydrogens is 472 g/mol. The predicted octanol–water partition coefficient (Wildman–Crippen LogP) is 4.52. The molecule has 2 aromatic carbocycles. The van der Waals surface area contributed by atoms with Crippen LogP contribution in [0.3, 0.4) is 0 Å². The first-order valence-corrected chi connectivity index (χ1v) is 12.7. The largest absolute Gasteiger partial charge is 0.497 e. The van der Waals surface area contributed by atoms with Crippen LogP contribution < -0.4 is 4.74 Å². The van der Waals surface area contributed by atoms with E-state index in [4.69, 9.17) is 9.47 Å². The van der Waals surface area contributed by atoms with Crippen molar-refractivity contribution in [1.29, 1.82) is 0 Å². The van der Waals surface area contributed by atoms with Crippen LogP contribution in [0.5, 0.6) is 5.75 Å². The van der Waals surface area contributed by atoms with Gasteiger partial charge in [-0.3, -0.25) is 9.69 Å². The van der Waals surface area contributed by atoms with Crippen molar-refractivity contribution in [2.45, 2.75) is 64.2 Å². The van der Waals surface area contributed by atoms with Crippen molar-refractivity contribution < 1.29 is 29.3 Å². The van der Waals surface area contributed by atoms with Crippen LogP contribution >= 0.6 is 0 Å². The molecule has 0 aromatic heterocycles. The van der Waals surface area contributed by atoms with Crippen molar-refractivity contribution in [3.05, 3.63) is 65.2 Å². The van der Waals surface area contributed by atoms with Gasteiger partial charge in [0.1, 0.15) is 11.4 Å². The Labute approximate surface area is 219 Å². The summed E-state index contributed by atoms with van der Waals surface area (Å²) in [5.74, 6) is 0.00720. The Morgan fingerprint density at radius 1 is 1.08 bits per heavy atom. The maximum Gasteiger partial charge on any atom is 0.407 e. The lowest BCUT2D eigenvalue weighted by atomic mass is 9.80. The molecule has 2 amide bonds. The molecule has 1 fully saturated rings. The summed E-state index contributed by atoms with van der Waals surface area (Å²) in [6, 6.07) is 14.5. The first kappa shape index (κ1) is 28.5. The highest BCUT2D eigenvalue weighted by Gasteiger charge is 2.54. The Morgan fingerprint density at radius 3 is 2.22 bits per heavy atom. The van der Waals surface area contributed by atoms with Crippen molar-refractivity contribution in [2.24, 2.45) is 0 Å². The van der Waals surface area contributed by atoms with E-state index < -0.39 is 35.3 Å². The highest BCUT2D eigenvalue weighted by atomic mass is 16.5. The van der Waals surface area contributed by atoms with E-state index in [1.54, 1.807) is 49.9 Å². The van der Waals surface area contributed by atoms with Crippen LogP contribution in [0.15, 0.2) is 48.5 Å². The number of rotatable bonds is 10. The van der Waals surface area contributed by atoms with E-state index in [1.165, 1.54) is 7.11 Å². The number of hydrogen-bond acceptors (Lipinski definition) is 5. The number of β-amino-alcohol motifs (C(OH)–C–C–N with tert-alkyl or cyclic N) is 1. The summed E-state index contributed by atoms with van der Waals surface area (Å²) in [5.41, 5.74) is -1.22. The van der Waals surface area contributed by atoms with E-state index in [1.807, 2.05) is 31.2 Å². The third-order valence-corrected chi connectivity index (χ3v) is 7.04. The van der Waals surface area contributed by atoms with Crippen LogP contribution in [0.1, 0.15) is 57.2 Å². The van der Waals surface area contributed by atoms with Crippen molar-refractivity contribution in [1.82, 2.24) is 9.80 Å². The van der Waals surface area contributed by atoms with E-state index in [-0.39, 0.29) is 13.1 Å². The lowest BCUT2D eigenvalue weighted by Crippen LogP contribution is -2.67. The molecule has 0 radical (unpaired) electrons. The average molecular weight is 513 g/mol. The van der Waals surface area contributed by atoms with Gasteiger partial charge in [-0.1, -0.05) is 49.7 Å². The van der Waals surface area contributed by atoms with Crippen LogP contribution in [0.25, 0.3) is 0 Å². The summed E-state index contributed by atoms with van der Waals surface area (Å²) in [5, 5.41) is 21.9. The average Bonchev–Trinajstić information content (AvgIpc) is 2.83. The van der Waals surface area contributed by atoms with Gasteiger partial charge in [0.2, 0.25) is 0 Å². The van der Waals surface area contributed by atoms with Crippen molar-refractivity contribution in [3.8, 4) is 5.75 Å². The van der Waals surface area contributed by atoms with Crippen LogP contribution in [0.2, 0.25) is 0 Å². The number of aliphatic hydroxyl groups is 1. The van der Waals surface area contributed by atoms with Gasteiger partial charge in [0.05, 0.1) is 26.7 Å². The van der Waals surface area contributed by atoms with Crippen molar-refractivity contribution in [3.63, 3.8) is 0 Å². The van der Waals surface area contributed by atoms with Crippen molar-refractivity contribution in [2.75, 3.05) is 33.4 Å². The number of hydrogen-bond donors (Lipinski definition) is 2. The minimum atomic E-state index is -2.10. The number of carboxylic acid groups (broad SMARTS) is 1. The molecule has 1 saturated heterocycles. The van der Waals surface area contributed by atoms with E-state index in [9.17, 15) is 19.8 Å². The summed E-state index contributed by atoms with van der Waals surface area (Å²) in [6.45, 7) is 9.99. The Balaban J connectivity index is 1.97. The molecule has 3 rings (SSSR count). The summed E-state index contributed by atoms with van der Waals surface area (Å²) in [4.78, 5) is 28.8. The second-order valence-corrected chi connectivity index (χ2v) is 10.8. The quantitative estimate of drug-likeness (QED) is 0.454. The number of amides is 2. The van der Waals surface area contributed by atoms with E-state index in [0.717, 1.165) is 28.9 Å². The van der Waals surface area contributed by atoms with E-state index in [2.05, 4.69) is 6.92 Å². The number of carbonyl (C=O) groups is 2. The second-order valence-electron chi connectivity index (χ2n) is 10.8. The molecule has 1 aliphatic heterocycles. The molecule has 2 N–H and O–H groups in total. The lowest BCUT2D eigenvalue weighted by molar-refractivity contribution is -0.190. The molecule has 1 heterocycles. The van der Waals surface area contributed by atoms with Crippen LogP contribution in [0.4, 0.5) is 4.79 Å². The normalized spacial score (nSPS) is 16.5. The first-order valence-electron chi connectivity index (χ1n) is 12.7. The number of carbonyl (C=O) groups excluding carboxylic acids is 1. The molecule has 8 nitrogen and oxygen atoms in total. The van der Waals surface area contributed by atoms with Gasteiger partial charge in [-0.05, 0) is 62.9 Å². The zero-order valence-electron chi connectivity index (χ0n) is 22.8. The van der Waals surface area contributed by atoms with Gasteiger partial charge in [-0.25, -0.2) is 4.79 Å². The molecule has 0 spiro atoms. The van der Waals surface area contributed by atoms with Crippen LogP contribution in [-0.4, -0.2) is 70.9 Å². The van der Waals surface area contributed by atoms with Gasteiger partial charge in [0.15, 0.2) is 5.60 Å². The van der Waals surface area contributed by atoms with Gasteiger partial charge in [0.25, 0.3) is 5.91 Å². The molecule has 0 saturated carbocycles. The Bertz CT molecular complexity index is 1090. The molecular formula is C29H40N2O6. The zero-order valence-corrected chi connectivity index (χ0v) is 22.8. The van der Waals surface area contributed by atoms with Gasteiger partial charge >= 0.3 is 6.09 Å². The zero-order chi connectivity index (χ0) is 27.4. The fraction of sp³-hybridized carbons (Fsp3) is 0.517. The molecule has 1 atom stereocenters. The van der Waals surface area contributed by atoms with Crippen LogP contribution in [0, 0.1) is 6.92 Å². The highest BCUT2D eigenvalue weighted by Crippen LogP contribution is 2.41. The predicted molar refractivity (Wildman–Crippen MR) is 142 cm³/mol. The third-order valence-electron chi connectivity index (χ3n) is 7.04. The van der Waals surface area contributed by atoms with Crippen LogP contribution in [-0.2, 0) is 20.7 Å². The lowest BCUT2D eigenvalue weighted by Gasteiger charge is -2.52. The number of nitrogens with zero attached hydrogens (tertiary/aromatic N) is 2. The maximum atomic E-state index is 14.0. The molecule has 0 aliphatic carbocycles. The fourth-order valence-corrected chi connectivity index (χ4v) is 4.78.